The molecule has 0 bridgehead atoms. The molecule has 0 fully saturated rings. The Bertz CT molecular complexity index is 1080. The molecule has 4 N–H and O–H groups in total. The molecule has 7 heteroatoms. The summed E-state index contributed by atoms with van der Waals surface area (Å²) in [7, 11) is 0. The number of pyridine rings is 1. The quantitative estimate of drug-likeness (QED) is 0.585. The van der Waals surface area contributed by atoms with Gasteiger partial charge < -0.3 is 20.7 Å². The summed E-state index contributed by atoms with van der Waals surface area (Å²) in [5.74, 6) is -1.17. The lowest BCUT2D eigenvalue weighted by molar-refractivity contribution is -0.121. The molecule has 0 spiro atoms. The molecule has 2 aromatic heterocycles. The molecule has 0 saturated carbocycles. The van der Waals surface area contributed by atoms with Gasteiger partial charge in [-0.25, -0.2) is 0 Å². The van der Waals surface area contributed by atoms with Crippen LogP contribution in [0.3, 0.4) is 0 Å². The molecule has 2 heterocycles. The number of carbonyl (C=O) groups excluding carboxylic acids is 2. The van der Waals surface area contributed by atoms with Gasteiger partial charge in [0, 0.05) is 42.2 Å². The second-order valence-electron chi connectivity index (χ2n) is 7.60. The number of anilines is 2. The van der Waals surface area contributed by atoms with Gasteiger partial charge in [0.2, 0.25) is 5.91 Å². The molecule has 1 aromatic carbocycles. The van der Waals surface area contributed by atoms with Crippen LogP contribution in [-0.4, -0.2) is 33.0 Å². The van der Waals surface area contributed by atoms with E-state index < -0.39 is 11.8 Å². The highest BCUT2D eigenvalue weighted by atomic mass is 16.3. The average Bonchev–Trinajstić information content (AvgIpc) is 3.09. The molecule has 2 atom stereocenters. The van der Waals surface area contributed by atoms with Crippen molar-refractivity contribution in [3.63, 3.8) is 0 Å². The molecule has 3 aromatic rings. The van der Waals surface area contributed by atoms with Crippen molar-refractivity contribution in [2.75, 3.05) is 11.9 Å². The van der Waals surface area contributed by atoms with Gasteiger partial charge in [0.1, 0.15) is 0 Å². The maximum absolute atomic E-state index is 13.2. The van der Waals surface area contributed by atoms with Gasteiger partial charge in [0.15, 0.2) is 5.78 Å². The average molecular weight is 404 g/mol. The van der Waals surface area contributed by atoms with E-state index in [2.05, 4.69) is 10.3 Å². The van der Waals surface area contributed by atoms with Crippen LogP contribution in [0.5, 0.6) is 0 Å². The Hall–Kier alpha value is -3.45. The van der Waals surface area contributed by atoms with Crippen molar-refractivity contribution in [3.8, 4) is 11.3 Å². The number of aromatic nitrogens is 2. The zero-order valence-electron chi connectivity index (χ0n) is 16.7. The van der Waals surface area contributed by atoms with Crippen LogP contribution in [0.4, 0.5) is 11.4 Å². The van der Waals surface area contributed by atoms with Crippen LogP contribution in [0.1, 0.15) is 35.4 Å². The third-order valence-electron chi connectivity index (χ3n) is 5.56. The number of amides is 1. The smallest absolute Gasteiger partial charge is 0.221 e. The summed E-state index contributed by atoms with van der Waals surface area (Å²) < 4.78 is 1.96. The van der Waals surface area contributed by atoms with Crippen LogP contribution < -0.4 is 11.1 Å². The second-order valence-corrected chi connectivity index (χ2v) is 7.60. The van der Waals surface area contributed by atoms with E-state index in [-0.39, 0.29) is 24.9 Å². The summed E-state index contributed by atoms with van der Waals surface area (Å²) in [6.45, 7) is 1.77. The molecule has 4 rings (SSSR count). The summed E-state index contributed by atoms with van der Waals surface area (Å²) in [5.41, 5.74) is 10.00. The number of aliphatic hydroxyl groups is 1. The molecule has 30 heavy (non-hydrogen) atoms. The number of hydrogen-bond donors (Lipinski definition) is 3. The van der Waals surface area contributed by atoms with Crippen molar-refractivity contribution in [3.05, 3.63) is 66.1 Å². The van der Waals surface area contributed by atoms with Crippen LogP contribution >= 0.6 is 0 Å². The summed E-state index contributed by atoms with van der Waals surface area (Å²) in [6.07, 6.45) is 3.82. The monoisotopic (exact) mass is 404 g/mol. The van der Waals surface area contributed by atoms with E-state index in [0.29, 0.717) is 17.7 Å². The number of nitrogens with zero attached hydrogens (tertiary/aromatic N) is 2. The van der Waals surface area contributed by atoms with Crippen molar-refractivity contribution in [1.82, 2.24) is 9.55 Å². The molecule has 0 saturated heterocycles. The molecular formula is C23H24N4O3. The van der Waals surface area contributed by atoms with Crippen molar-refractivity contribution in [1.29, 1.82) is 0 Å². The van der Waals surface area contributed by atoms with Crippen LogP contribution in [0.25, 0.3) is 11.3 Å². The number of primary amides is 1. The highest BCUT2D eigenvalue weighted by Crippen LogP contribution is 2.44. The lowest BCUT2D eigenvalue weighted by Crippen LogP contribution is -2.32. The van der Waals surface area contributed by atoms with E-state index in [1.54, 1.807) is 12.4 Å². The lowest BCUT2D eigenvalue weighted by atomic mass is 9.85. The Labute approximate surface area is 174 Å². The number of aliphatic hydroxyl groups excluding tert-OH is 1. The Morgan fingerprint density at radius 2 is 1.93 bits per heavy atom. The first-order valence-electron chi connectivity index (χ1n) is 9.94. The lowest BCUT2D eigenvalue weighted by Gasteiger charge is -2.24. The molecule has 0 unspecified atom stereocenters. The first kappa shape index (κ1) is 19.8. The van der Waals surface area contributed by atoms with Gasteiger partial charge in [-0.2, -0.15) is 0 Å². The molecule has 0 radical (unpaired) electrons. The molecular weight excluding hydrogens is 380 g/mol. The largest absolute Gasteiger partial charge is 0.394 e. The number of carbonyl (C=O) groups is 2. The minimum atomic E-state index is -0.556. The fourth-order valence-electron chi connectivity index (χ4n) is 4.12. The zero-order valence-corrected chi connectivity index (χ0v) is 16.7. The number of rotatable bonds is 6. The Morgan fingerprint density at radius 3 is 2.57 bits per heavy atom. The van der Waals surface area contributed by atoms with Gasteiger partial charge >= 0.3 is 0 Å². The van der Waals surface area contributed by atoms with Crippen molar-refractivity contribution >= 4 is 23.1 Å². The summed E-state index contributed by atoms with van der Waals surface area (Å²) >= 11 is 0. The minimum Gasteiger partial charge on any atom is -0.394 e. The van der Waals surface area contributed by atoms with Gasteiger partial charge in [-0.15, -0.1) is 0 Å². The number of nitrogens with two attached hydrogens (primary N) is 1. The Balaban J connectivity index is 2.00. The van der Waals surface area contributed by atoms with Crippen molar-refractivity contribution in [2.45, 2.75) is 25.8 Å². The third-order valence-corrected chi connectivity index (χ3v) is 5.56. The van der Waals surface area contributed by atoms with Crippen LogP contribution in [0.15, 0.2) is 54.9 Å². The predicted octanol–water partition coefficient (Wildman–Crippen LogP) is 3.08. The van der Waals surface area contributed by atoms with Crippen LogP contribution in [-0.2, 0) is 11.2 Å². The van der Waals surface area contributed by atoms with Crippen LogP contribution in [0.2, 0.25) is 0 Å². The third kappa shape index (κ3) is 3.48. The number of nitrogens with one attached hydrogen (secondary N) is 1. The number of hydrogen-bond acceptors (Lipinski definition) is 5. The standard InChI is InChI=1S/C23H24N4O3/c1-14(13-28)27-18-11-16(23(24)30)12-19(29)20(18)21(26-17-5-3-2-4-6-17)22(27)15-7-9-25-10-8-15/h2-10,14,16,26,28H,11-13H2,1H3,(H2,24,30)/t14-,16-/m1/s1. The van der Waals surface area contributed by atoms with E-state index in [9.17, 15) is 14.7 Å². The highest BCUT2D eigenvalue weighted by Gasteiger charge is 2.37. The SMILES string of the molecule is C[C@H](CO)n1c2c(c(Nc3ccccc3)c1-c1ccncc1)C(=O)C[C@H](C(N)=O)C2. The van der Waals surface area contributed by atoms with Gasteiger partial charge in [0.05, 0.1) is 35.5 Å². The first-order chi connectivity index (χ1) is 14.5. The summed E-state index contributed by atoms with van der Waals surface area (Å²) in [5, 5.41) is 13.4. The fraction of sp³-hybridized carbons (Fsp3) is 0.261. The van der Waals surface area contributed by atoms with E-state index >= 15 is 0 Å². The molecule has 1 aliphatic carbocycles. The Kier molecular flexibility index (Phi) is 5.37. The number of fused-ring (bicyclic) bond motifs is 1. The van der Waals surface area contributed by atoms with Crippen LogP contribution in [0, 0.1) is 5.92 Å². The van der Waals surface area contributed by atoms with Crippen molar-refractivity contribution < 1.29 is 14.7 Å². The number of ketones is 1. The minimum absolute atomic E-state index is 0.0824. The maximum Gasteiger partial charge on any atom is 0.221 e. The summed E-state index contributed by atoms with van der Waals surface area (Å²) in [4.78, 5) is 29.2. The van der Waals surface area contributed by atoms with Gasteiger partial charge in [-0.3, -0.25) is 14.6 Å². The van der Waals surface area contributed by atoms with Gasteiger partial charge in [-0.05, 0) is 31.2 Å². The van der Waals surface area contributed by atoms with E-state index in [1.165, 1.54) is 0 Å². The van der Waals surface area contributed by atoms with E-state index in [4.69, 9.17) is 5.73 Å². The van der Waals surface area contributed by atoms with E-state index in [0.717, 1.165) is 22.6 Å². The van der Waals surface area contributed by atoms with E-state index in [1.807, 2.05) is 54.0 Å². The number of benzene rings is 1. The molecule has 7 nitrogen and oxygen atoms in total. The molecule has 154 valence electrons. The maximum atomic E-state index is 13.2. The Morgan fingerprint density at radius 1 is 1.23 bits per heavy atom. The second kappa shape index (κ2) is 8.12. The normalized spacial score (nSPS) is 16.7. The first-order valence-corrected chi connectivity index (χ1v) is 9.94. The number of Topliss-reactive ketones (excluding diaryl/α,β-unsaturated/α-hetero) is 1. The van der Waals surface area contributed by atoms with Gasteiger partial charge in [-0.1, -0.05) is 18.2 Å². The van der Waals surface area contributed by atoms with Gasteiger partial charge in [0.25, 0.3) is 0 Å². The fourth-order valence-corrected chi connectivity index (χ4v) is 4.12. The topological polar surface area (TPSA) is 110 Å². The van der Waals surface area contributed by atoms with Crippen molar-refractivity contribution in [2.24, 2.45) is 11.7 Å². The summed E-state index contributed by atoms with van der Waals surface area (Å²) in [6, 6.07) is 13.0. The number of para-hydroxylation sites is 1. The molecule has 1 aliphatic rings. The molecule has 0 aliphatic heterocycles. The zero-order chi connectivity index (χ0) is 21.3. The predicted molar refractivity (Wildman–Crippen MR) is 115 cm³/mol. The highest BCUT2D eigenvalue weighted by molar-refractivity contribution is 6.09. The molecule has 1 amide bonds.